The van der Waals surface area contributed by atoms with E-state index in [-0.39, 0.29) is 11.6 Å². The number of hydrogen-bond donors (Lipinski definition) is 0. The number of aromatic nitrogens is 1. The van der Waals surface area contributed by atoms with Crippen molar-refractivity contribution in [3.63, 3.8) is 0 Å². The Balaban J connectivity index is 1.90. The highest BCUT2D eigenvalue weighted by Crippen LogP contribution is 2.33. The number of halogens is 2. The summed E-state index contributed by atoms with van der Waals surface area (Å²) < 4.78 is 26.7. The largest absolute Gasteiger partial charge is 0.247 e. The molecule has 0 aliphatic heterocycles. The van der Waals surface area contributed by atoms with E-state index < -0.39 is 0 Å². The van der Waals surface area contributed by atoms with Crippen LogP contribution < -0.4 is 0 Å². The Morgan fingerprint density at radius 1 is 0.500 bits per heavy atom. The van der Waals surface area contributed by atoms with Crippen LogP contribution in [-0.2, 0) is 0 Å². The van der Waals surface area contributed by atoms with Gasteiger partial charge in [0.25, 0.3) is 0 Å². The number of benzene rings is 3. The quantitative estimate of drug-likeness (QED) is 0.422. The van der Waals surface area contributed by atoms with Gasteiger partial charge in [-0.2, -0.15) is 0 Å². The highest BCUT2D eigenvalue weighted by molar-refractivity contribution is 5.82. The zero-order valence-electron chi connectivity index (χ0n) is 13.9. The van der Waals surface area contributed by atoms with E-state index in [0.717, 1.165) is 33.6 Å². The van der Waals surface area contributed by atoms with Gasteiger partial charge in [0.1, 0.15) is 11.6 Å². The maximum atomic E-state index is 13.4. The molecule has 126 valence electrons. The van der Waals surface area contributed by atoms with Gasteiger partial charge in [-0.15, -0.1) is 0 Å². The zero-order chi connectivity index (χ0) is 17.9. The molecule has 1 aromatic heterocycles. The summed E-state index contributed by atoms with van der Waals surface area (Å²) in [6.07, 6.45) is 0. The van der Waals surface area contributed by atoms with E-state index in [1.165, 1.54) is 24.3 Å². The summed E-state index contributed by atoms with van der Waals surface area (Å²) in [5.74, 6) is -0.581. The molecule has 0 saturated heterocycles. The third-order valence-corrected chi connectivity index (χ3v) is 4.24. The smallest absolute Gasteiger partial charge is 0.123 e. The van der Waals surface area contributed by atoms with Gasteiger partial charge in [-0.3, -0.25) is 0 Å². The molecule has 0 amide bonds. The van der Waals surface area contributed by atoms with E-state index in [1.807, 2.05) is 42.5 Å². The topological polar surface area (TPSA) is 12.9 Å². The second-order valence-corrected chi connectivity index (χ2v) is 5.97. The predicted octanol–water partition coefficient (Wildman–Crippen LogP) is 6.36. The van der Waals surface area contributed by atoms with Crippen LogP contribution >= 0.6 is 0 Å². The van der Waals surface area contributed by atoms with E-state index in [1.54, 1.807) is 24.3 Å². The molecule has 0 N–H and O–H groups in total. The van der Waals surface area contributed by atoms with Gasteiger partial charge >= 0.3 is 0 Å². The molecule has 1 heterocycles. The van der Waals surface area contributed by atoms with Gasteiger partial charge in [0, 0.05) is 16.7 Å². The van der Waals surface area contributed by atoms with E-state index >= 15 is 0 Å². The van der Waals surface area contributed by atoms with Crippen LogP contribution in [0.5, 0.6) is 0 Å². The molecule has 3 aromatic carbocycles. The molecule has 4 rings (SSSR count). The van der Waals surface area contributed by atoms with Crippen LogP contribution in [0.1, 0.15) is 0 Å². The number of rotatable bonds is 3. The minimum atomic E-state index is -0.295. The lowest BCUT2D eigenvalue weighted by molar-refractivity contribution is 0.627. The second kappa shape index (κ2) is 6.89. The molecule has 0 bridgehead atoms. The van der Waals surface area contributed by atoms with Crippen molar-refractivity contribution in [2.24, 2.45) is 0 Å². The first-order chi connectivity index (χ1) is 12.7. The van der Waals surface area contributed by atoms with Crippen molar-refractivity contribution in [1.82, 2.24) is 4.98 Å². The minimum Gasteiger partial charge on any atom is -0.247 e. The van der Waals surface area contributed by atoms with Crippen LogP contribution in [-0.4, -0.2) is 4.98 Å². The fourth-order valence-electron chi connectivity index (χ4n) is 2.92. The molecule has 0 fully saturated rings. The zero-order valence-corrected chi connectivity index (χ0v) is 13.9. The lowest BCUT2D eigenvalue weighted by Gasteiger charge is -2.12. The Labute approximate surface area is 150 Å². The van der Waals surface area contributed by atoms with E-state index in [2.05, 4.69) is 0 Å². The molecular weight excluding hydrogens is 328 g/mol. The third-order valence-electron chi connectivity index (χ3n) is 4.24. The number of nitrogens with zero attached hydrogens (tertiary/aromatic N) is 1. The van der Waals surface area contributed by atoms with Crippen molar-refractivity contribution >= 4 is 0 Å². The summed E-state index contributed by atoms with van der Waals surface area (Å²) in [4.78, 5) is 4.83. The van der Waals surface area contributed by atoms with E-state index in [4.69, 9.17) is 4.98 Å². The number of pyridine rings is 1. The van der Waals surface area contributed by atoms with Crippen LogP contribution in [0, 0.1) is 11.6 Å². The average Bonchev–Trinajstić information content (AvgIpc) is 2.70. The Bertz CT molecular complexity index is 1020. The van der Waals surface area contributed by atoms with Gasteiger partial charge in [-0.1, -0.05) is 48.5 Å². The minimum absolute atomic E-state index is 0.286. The van der Waals surface area contributed by atoms with Crippen molar-refractivity contribution in [2.45, 2.75) is 0 Å². The van der Waals surface area contributed by atoms with Gasteiger partial charge in [-0.05, 0) is 48.0 Å². The fourth-order valence-corrected chi connectivity index (χ4v) is 2.92. The third kappa shape index (κ3) is 3.24. The summed E-state index contributed by atoms with van der Waals surface area (Å²) in [5.41, 5.74) is 5.10. The maximum absolute atomic E-state index is 13.4. The summed E-state index contributed by atoms with van der Waals surface area (Å²) in [6, 6.07) is 26.3. The molecular formula is C23H15F2N. The summed E-state index contributed by atoms with van der Waals surface area (Å²) in [7, 11) is 0. The molecule has 0 spiro atoms. The summed E-state index contributed by atoms with van der Waals surface area (Å²) in [5, 5.41) is 0. The Kier molecular flexibility index (Phi) is 4.28. The first kappa shape index (κ1) is 16.2. The highest BCUT2D eigenvalue weighted by atomic mass is 19.1. The van der Waals surface area contributed by atoms with Crippen LogP contribution in [0.4, 0.5) is 8.78 Å². The monoisotopic (exact) mass is 343 g/mol. The van der Waals surface area contributed by atoms with Crippen LogP contribution in [0.3, 0.4) is 0 Å². The van der Waals surface area contributed by atoms with Gasteiger partial charge in [0.2, 0.25) is 0 Å². The van der Waals surface area contributed by atoms with Gasteiger partial charge in [0.15, 0.2) is 0 Å². The SMILES string of the molecule is Fc1ccc(-c2ccc(-c3ccccc3)nc2-c2ccc(F)cc2)cc1. The molecule has 4 aromatic rings. The first-order valence-corrected chi connectivity index (χ1v) is 8.29. The van der Waals surface area contributed by atoms with Crippen LogP contribution in [0.15, 0.2) is 91.0 Å². The molecule has 0 unspecified atom stereocenters. The average molecular weight is 343 g/mol. The first-order valence-electron chi connectivity index (χ1n) is 8.29. The van der Waals surface area contributed by atoms with E-state index in [0.29, 0.717) is 0 Å². The molecule has 26 heavy (non-hydrogen) atoms. The van der Waals surface area contributed by atoms with E-state index in [9.17, 15) is 8.78 Å². The van der Waals surface area contributed by atoms with Crippen molar-refractivity contribution in [2.75, 3.05) is 0 Å². The van der Waals surface area contributed by atoms with Crippen molar-refractivity contribution in [3.8, 4) is 33.6 Å². The second-order valence-electron chi connectivity index (χ2n) is 5.97. The van der Waals surface area contributed by atoms with Crippen molar-refractivity contribution < 1.29 is 8.78 Å². The fraction of sp³-hybridized carbons (Fsp3) is 0. The van der Waals surface area contributed by atoms with Crippen LogP contribution in [0.2, 0.25) is 0 Å². The Morgan fingerprint density at radius 2 is 1.08 bits per heavy atom. The Hall–Kier alpha value is -3.33. The van der Waals surface area contributed by atoms with Gasteiger partial charge in [0.05, 0.1) is 11.4 Å². The summed E-state index contributed by atoms with van der Waals surface area (Å²) >= 11 is 0. The van der Waals surface area contributed by atoms with Gasteiger partial charge in [-0.25, -0.2) is 13.8 Å². The predicted molar refractivity (Wildman–Crippen MR) is 100 cm³/mol. The molecule has 0 atom stereocenters. The lowest BCUT2D eigenvalue weighted by Crippen LogP contribution is -1.93. The highest BCUT2D eigenvalue weighted by Gasteiger charge is 2.12. The van der Waals surface area contributed by atoms with Crippen LogP contribution in [0.25, 0.3) is 33.6 Å². The van der Waals surface area contributed by atoms with Crippen molar-refractivity contribution in [3.05, 3.63) is 103 Å². The maximum Gasteiger partial charge on any atom is 0.123 e. The number of hydrogen-bond acceptors (Lipinski definition) is 1. The lowest BCUT2D eigenvalue weighted by atomic mass is 9.98. The van der Waals surface area contributed by atoms with Gasteiger partial charge < -0.3 is 0 Å². The molecule has 1 nitrogen and oxygen atoms in total. The standard InChI is InChI=1S/C23H15F2N/c24-19-10-6-16(7-11-19)21-14-15-22(17-4-2-1-3-5-17)26-23(21)18-8-12-20(25)13-9-18/h1-15H. The molecule has 0 saturated carbocycles. The Morgan fingerprint density at radius 3 is 1.69 bits per heavy atom. The normalized spacial score (nSPS) is 10.7. The molecule has 0 radical (unpaired) electrons. The summed E-state index contributed by atoms with van der Waals surface area (Å²) in [6.45, 7) is 0. The van der Waals surface area contributed by atoms with Crippen molar-refractivity contribution in [1.29, 1.82) is 0 Å². The molecule has 0 aliphatic carbocycles. The molecule has 0 aliphatic rings. The molecule has 3 heteroatoms.